The lowest BCUT2D eigenvalue weighted by molar-refractivity contribution is 0.413. The van der Waals surface area contributed by atoms with Crippen LogP contribution in [0.4, 0.5) is 5.82 Å². The van der Waals surface area contributed by atoms with E-state index < -0.39 is 10.0 Å². The monoisotopic (exact) mass is 280 g/mol. The molecular formula is C8H13ClN4O3S. The first kappa shape index (κ1) is 13.9. The van der Waals surface area contributed by atoms with Crippen LogP contribution in [0.15, 0.2) is 6.33 Å². The van der Waals surface area contributed by atoms with Gasteiger partial charge in [0.1, 0.15) is 6.33 Å². The van der Waals surface area contributed by atoms with Gasteiger partial charge < -0.3 is 10.1 Å². The second-order valence-electron chi connectivity index (χ2n) is 3.19. The number of aromatic nitrogens is 2. The maximum atomic E-state index is 10.7. The molecule has 17 heavy (non-hydrogen) atoms. The molecule has 9 heteroatoms. The van der Waals surface area contributed by atoms with E-state index in [4.69, 9.17) is 21.5 Å². The standard InChI is InChI=1S/C8H13ClN4O3S/c1-16-6-7(9)12-5-13-8(6)11-3-2-4-17(10,14)15/h5H,2-4H2,1H3,(H2,10,14,15)(H,11,12,13). The molecule has 0 aliphatic rings. The number of sulfonamides is 1. The van der Waals surface area contributed by atoms with Gasteiger partial charge >= 0.3 is 0 Å². The maximum absolute atomic E-state index is 10.7. The summed E-state index contributed by atoms with van der Waals surface area (Å²) in [5, 5.41) is 7.96. The van der Waals surface area contributed by atoms with Crippen LogP contribution in [0.3, 0.4) is 0 Å². The van der Waals surface area contributed by atoms with Gasteiger partial charge in [-0.1, -0.05) is 11.6 Å². The second-order valence-corrected chi connectivity index (χ2v) is 5.29. The molecule has 1 aromatic rings. The van der Waals surface area contributed by atoms with Gasteiger partial charge in [-0.25, -0.2) is 23.5 Å². The van der Waals surface area contributed by atoms with Crippen molar-refractivity contribution in [2.24, 2.45) is 5.14 Å². The molecule has 0 radical (unpaired) electrons. The summed E-state index contributed by atoms with van der Waals surface area (Å²) in [6.45, 7) is 0.389. The molecule has 1 rings (SSSR count). The first-order valence-corrected chi connectivity index (χ1v) is 6.82. The number of nitrogens with zero attached hydrogens (tertiary/aromatic N) is 2. The molecule has 0 saturated carbocycles. The minimum absolute atomic E-state index is 0.0961. The van der Waals surface area contributed by atoms with E-state index in [1.165, 1.54) is 13.4 Å². The van der Waals surface area contributed by atoms with E-state index in [0.29, 0.717) is 24.5 Å². The van der Waals surface area contributed by atoms with E-state index in [1.54, 1.807) is 0 Å². The largest absolute Gasteiger partial charge is 0.490 e. The van der Waals surface area contributed by atoms with Crippen LogP contribution < -0.4 is 15.2 Å². The number of hydrogen-bond donors (Lipinski definition) is 2. The van der Waals surface area contributed by atoms with Gasteiger partial charge in [-0.15, -0.1) is 0 Å². The number of methoxy groups -OCH3 is 1. The van der Waals surface area contributed by atoms with Gasteiger partial charge in [-0.3, -0.25) is 0 Å². The highest BCUT2D eigenvalue weighted by Gasteiger charge is 2.09. The van der Waals surface area contributed by atoms with E-state index in [9.17, 15) is 8.42 Å². The van der Waals surface area contributed by atoms with Crippen LogP contribution in [-0.2, 0) is 10.0 Å². The Morgan fingerprint density at radius 2 is 2.24 bits per heavy atom. The lowest BCUT2D eigenvalue weighted by atomic mass is 10.4. The third-order valence-electron chi connectivity index (χ3n) is 1.86. The molecule has 0 aliphatic carbocycles. The highest BCUT2D eigenvalue weighted by molar-refractivity contribution is 7.89. The third-order valence-corrected chi connectivity index (χ3v) is 2.99. The van der Waals surface area contributed by atoms with Crippen molar-refractivity contribution in [1.29, 1.82) is 0 Å². The third kappa shape index (κ3) is 4.72. The fraction of sp³-hybridized carbons (Fsp3) is 0.500. The van der Waals surface area contributed by atoms with Crippen LogP contribution in [0.25, 0.3) is 0 Å². The van der Waals surface area contributed by atoms with Crippen molar-refractivity contribution in [3.63, 3.8) is 0 Å². The van der Waals surface area contributed by atoms with E-state index in [1.807, 2.05) is 0 Å². The number of halogens is 1. The molecular weight excluding hydrogens is 268 g/mol. The van der Waals surface area contributed by atoms with Crippen LogP contribution >= 0.6 is 11.6 Å². The van der Waals surface area contributed by atoms with Crippen molar-refractivity contribution >= 4 is 27.4 Å². The zero-order valence-corrected chi connectivity index (χ0v) is 10.8. The minimum Gasteiger partial charge on any atom is -0.490 e. The van der Waals surface area contributed by atoms with Gasteiger partial charge in [0.15, 0.2) is 16.7 Å². The quantitative estimate of drug-likeness (QED) is 0.570. The number of rotatable bonds is 6. The molecule has 0 atom stereocenters. The number of ether oxygens (including phenoxy) is 1. The summed E-state index contributed by atoms with van der Waals surface area (Å²) in [6, 6.07) is 0. The number of hydrogen-bond acceptors (Lipinski definition) is 6. The molecule has 1 aromatic heterocycles. The summed E-state index contributed by atoms with van der Waals surface area (Å²) in [5.41, 5.74) is 0. The Bertz CT molecular complexity index is 480. The summed E-state index contributed by atoms with van der Waals surface area (Å²) in [6.07, 6.45) is 1.65. The molecule has 3 N–H and O–H groups in total. The molecule has 1 heterocycles. The Labute approximate surface area is 104 Å². The highest BCUT2D eigenvalue weighted by Crippen LogP contribution is 2.27. The lowest BCUT2D eigenvalue weighted by Gasteiger charge is -2.09. The molecule has 0 aliphatic heterocycles. The first-order chi connectivity index (χ1) is 7.94. The summed E-state index contributed by atoms with van der Waals surface area (Å²) in [7, 11) is -1.99. The molecule has 7 nitrogen and oxygen atoms in total. The zero-order valence-electron chi connectivity index (χ0n) is 9.18. The Morgan fingerprint density at radius 3 is 2.82 bits per heavy atom. The number of nitrogens with two attached hydrogens (primary N) is 1. The summed E-state index contributed by atoms with van der Waals surface area (Å²) in [4.78, 5) is 7.68. The van der Waals surface area contributed by atoms with E-state index in [0.717, 1.165) is 0 Å². The fourth-order valence-electron chi connectivity index (χ4n) is 1.14. The topological polar surface area (TPSA) is 107 Å². The van der Waals surface area contributed by atoms with Gasteiger partial charge in [0.2, 0.25) is 10.0 Å². The first-order valence-electron chi connectivity index (χ1n) is 4.73. The normalized spacial score (nSPS) is 11.2. The van der Waals surface area contributed by atoms with Crippen LogP contribution in [0.5, 0.6) is 5.75 Å². The molecule has 96 valence electrons. The number of anilines is 1. The molecule has 0 aromatic carbocycles. The fourth-order valence-corrected chi connectivity index (χ4v) is 1.90. The van der Waals surface area contributed by atoms with Gasteiger partial charge in [0, 0.05) is 6.54 Å². The van der Waals surface area contributed by atoms with Crippen molar-refractivity contribution in [2.45, 2.75) is 6.42 Å². The maximum Gasteiger partial charge on any atom is 0.209 e. The molecule has 0 unspecified atom stereocenters. The molecule has 0 amide bonds. The van der Waals surface area contributed by atoms with Crippen molar-refractivity contribution < 1.29 is 13.2 Å². The number of nitrogens with one attached hydrogen (secondary N) is 1. The Morgan fingerprint density at radius 1 is 1.53 bits per heavy atom. The van der Waals surface area contributed by atoms with Crippen molar-refractivity contribution in [3.8, 4) is 5.75 Å². The summed E-state index contributed by atoms with van der Waals surface area (Å²) < 4.78 is 26.4. The average Bonchev–Trinajstić information content (AvgIpc) is 2.23. The highest BCUT2D eigenvalue weighted by atomic mass is 35.5. The SMILES string of the molecule is COc1c(Cl)ncnc1NCCCS(N)(=O)=O. The summed E-state index contributed by atoms with van der Waals surface area (Å²) >= 11 is 5.78. The molecule has 0 fully saturated rings. The number of primary sulfonamides is 1. The van der Waals surface area contributed by atoms with Crippen LogP contribution in [0, 0.1) is 0 Å². The van der Waals surface area contributed by atoms with E-state index in [-0.39, 0.29) is 10.9 Å². The Hall–Kier alpha value is -1.12. The smallest absolute Gasteiger partial charge is 0.209 e. The van der Waals surface area contributed by atoms with Crippen molar-refractivity contribution in [2.75, 3.05) is 24.7 Å². The molecule has 0 bridgehead atoms. The lowest BCUT2D eigenvalue weighted by Crippen LogP contribution is -2.19. The second kappa shape index (κ2) is 5.99. The Balaban J connectivity index is 2.55. The van der Waals surface area contributed by atoms with Gasteiger partial charge in [0.05, 0.1) is 12.9 Å². The average molecular weight is 281 g/mol. The van der Waals surface area contributed by atoms with Crippen LogP contribution in [0.2, 0.25) is 5.15 Å². The van der Waals surface area contributed by atoms with Crippen LogP contribution in [-0.4, -0.2) is 37.8 Å². The predicted octanol–water partition coefficient (Wildman–Crippen LogP) is 0.229. The minimum atomic E-state index is -3.43. The Kier molecular flexibility index (Phi) is 4.91. The van der Waals surface area contributed by atoms with E-state index in [2.05, 4.69) is 15.3 Å². The van der Waals surface area contributed by atoms with E-state index >= 15 is 0 Å². The van der Waals surface area contributed by atoms with Gasteiger partial charge in [-0.05, 0) is 6.42 Å². The van der Waals surface area contributed by atoms with Crippen LogP contribution in [0.1, 0.15) is 6.42 Å². The zero-order chi connectivity index (χ0) is 12.9. The molecule has 0 saturated heterocycles. The summed E-state index contributed by atoms with van der Waals surface area (Å²) in [5.74, 6) is 0.646. The van der Waals surface area contributed by atoms with Gasteiger partial charge in [-0.2, -0.15) is 0 Å². The van der Waals surface area contributed by atoms with Gasteiger partial charge in [0.25, 0.3) is 0 Å². The molecule has 0 spiro atoms. The van der Waals surface area contributed by atoms with Crippen molar-refractivity contribution in [3.05, 3.63) is 11.5 Å². The van der Waals surface area contributed by atoms with Crippen molar-refractivity contribution in [1.82, 2.24) is 9.97 Å². The predicted molar refractivity (Wildman–Crippen MR) is 64.7 cm³/mol.